The molecule has 0 aliphatic rings. The number of ether oxygens (including phenoxy) is 2. The molecule has 0 aliphatic heterocycles. The largest absolute Gasteiger partial charge is 0.493 e. The maximum atomic E-state index is 13.8. The Bertz CT molecular complexity index is 1170. The number of nitrogens with zero attached hydrogens (tertiary/aromatic N) is 1. The summed E-state index contributed by atoms with van der Waals surface area (Å²) in [6.07, 6.45) is 1.47. The zero-order valence-electron chi connectivity index (χ0n) is 17.2. The van der Waals surface area contributed by atoms with E-state index in [1.807, 2.05) is 31.2 Å². The molecule has 0 spiro atoms. The minimum atomic E-state index is -0.504. The van der Waals surface area contributed by atoms with E-state index in [9.17, 15) is 14.4 Å². The molecular formula is C25H21FN2O3. The van der Waals surface area contributed by atoms with Crippen LogP contribution in [0.15, 0.2) is 72.3 Å². The van der Waals surface area contributed by atoms with Gasteiger partial charge in [0.15, 0.2) is 11.5 Å². The average Bonchev–Trinajstić information content (AvgIpc) is 2.78. The topological polar surface area (TPSA) is 71.3 Å². The molecule has 31 heavy (non-hydrogen) atoms. The highest BCUT2D eigenvalue weighted by Gasteiger charge is 2.12. The summed E-state index contributed by atoms with van der Waals surface area (Å²) in [7, 11) is 1.48. The van der Waals surface area contributed by atoms with Crippen LogP contribution in [-0.2, 0) is 11.4 Å². The summed E-state index contributed by atoms with van der Waals surface area (Å²) in [5.41, 5.74) is 2.50. The molecule has 0 unspecified atom stereocenters. The standard InChI is InChI=1S/C25H21FN2O3/c1-17-7-3-6-10-22(17)28-25(29)20(15-27)13-18-11-12-23(24(14-18)30-2)31-16-19-8-4-5-9-21(19)26/h3-14H,16H2,1-2H3,(H,28,29)/b20-13-. The number of anilines is 1. The summed E-state index contributed by atoms with van der Waals surface area (Å²) < 4.78 is 24.8. The van der Waals surface area contributed by atoms with Crippen LogP contribution in [0.2, 0.25) is 0 Å². The number of nitrogens with one attached hydrogen (secondary N) is 1. The van der Waals surface area contributed by atoms with E-state index in [-0.39, 0.29) is 18.0 Å². The lowest BCUT2D eigenvalue weighted by molar-refractivity contribution is -0.112. The fraction of sp³-hybridized carbons (Fsp3) is 0.120. The van der Waals surface area contributed by atoms with Crippen LogP contribution in [0.5, 0.6) is 11.5 Å². The van der Waals surface area contributed by atoms with Crippen LogP contribution in [0.3, 0.4) is 0 Å². The van der Waals surface area contributed by atoms with Crippen LogP contribution < -0.4 is 14.8 Å². The second-order valence-corrected chi connectivity index (χ2v) is 6.73. The van der Waals surface area contributed by atoms with E-state index in [0.717, 1.165) is 5.56 Å². The second kappa shape index (κ2) is 10.1. The lowest BCUT2D eigenvalue weighted by Gasteiger charge is -2.12. The van der Waals surface area contributed by atoms with Crippen LogP contribution in [-0.4, -0.2) is 13.0 Å². The van der Waals surface area contributed by atoms with Gasteiger partial charge < -0.3 is 14.8 Å². The number of rotatable bonds is 7. The Labute approximate surface area is 180 Å². The summed E-state index contributed by atoms with van der Waals surface area (Å²) in [6, 6.07) is 20.6. The second-order valence-electron chi connectivity index (χ2n) is 6.73. The highest BCUT2D eigenvalue weighted by atomic mass is 19.1. The number of halogens is 1. The highest BCUT2D eigenvalue weighted by molar-refractivity contribution is 6.10. The van der Waals surface area contributed by atoms with Gasteiger partial charge in [0.05, 0.1) is 7.11 Å². The Morgan fingerprint density at radius 2 is 1.84 bits per heavy atom. The minimum absolute atomic E-state index is 0.0422. The van der Waals surface area contributed by atoms with Crippen molar-refractivity contribution in [1.82, 2.24) is 0 Å². The molecule has 3 rings (SSSR count). The van der Waals surface area contributed by atoms with Gasteiger partial charge in [0, 0.05) is 11.3 Å². The molecule has 0 radical (unpaired) electrons. The smallest absolute Gasteiger partial charge is 0.266 e. The van der Waals surface area contributed by atoms with Crippen LogP contribution in [0.1, 0.15) is 16.7 Å². The Hall–Kier alpha value is -4.11. The third-order valence-electron chi connectivity index (χ3n) is 4.60. The summed E-state index contributed by atoms with van der Waals surface area (Å²) in [5.74, 6) is -0.0255. The normalized spacial score (nSPS) is 10.8. The molecule has 0 heterocycles. The van der Waals surface area contributed by atoms with Crippen molar-refractivity contribution in [2.45, 2.75) is 13.5 Å². The fourth-order valence-electron chi connectivity index (χ4n) is 2.88. The van der Waals surface area contributed by atoms with Gasteiger partial charge in [-0.1, -0.05) is 42.5 Å². The molecule has 3 aromatic carbocycles. The van der Waals surface area contributed by atoms with E-state index in [2.05, 4.69) is 5.32 Å². The molecule has 156 valence electrons. The maximum absolute atomic E-state index is 13.8. The van der Waals surface area contributed by atoms with E-state index in [0.29, 0.717) is 28.3 Å². The maximum Gasteiger partial charge on any atom is 0.266 e. The van der Waals surface area contributed by atoms with E-state index in [1.165, 1.54) is 19.3 Å². The van der Waals surface area contributed by atoms with Gasteiger partial charge in [0.1, 0.15) is 24.1 Å². The molecular weight excluding hydrogens is 395 g/mol. The van der Waals surface area contributed by atoms with Crippen molar-refractivity contribution in [3.63, 3.8) is 0 Å². The number of nitriles is 1. The van der Waals surface area contributed by atoms with Crippen LogP contribution in [0.25, 0.3) is 6.08 Å². The summed E-state index contributed by atoms with van der Waals surface area (Å²) >= 11 is 0. The number of hydrogen-bond donors (Lipinski definition) is 1. The molecule has 5 nitrogen and oxygen atoms in total. The van der Waals surface area contributed by atoms with Crippen molar-refractivity contribution >= 4 is 17.7 Å². The lowest BCUT2D eigenvalue weighted by Crippen LogP contribution is -2.14. The van der Waals surface area contributed by atoms with E-state index in [1.54, 1.807) is 42.5 Å². The third-order valence-corrected chi connectivity index (χ3v) is 4.60. The number of aryl methyl sites for hydroxylation is 1. The monoisotopic (exact) mass is 416 g/mol. The Kier molecular flexibility index (Phi) is 7.02. The average molecular weight is 416 g/mol. The molecule has 0 bridgehead atoms. The Morgan fingerprint density at radius 3 is 2.55 bits per heavy atom. The minimum Gasteiger partial charge on any atom is -0.493 e. The predicted octanol–water partition coefficient (Wildman–Crippen LogP) is 5.27. The fourth-order valence-corrected chi connectivity index (χ4v) is 2.88. The molecule has 1 N–H and O–H groups in total. The predicted molar refractivity (Wildman–Crippen MR) is 117 cm³/mol. The number of carbonyl (C=O) groups excluding carboxylic acids is 1. The van der Waals surface area contributed by atoms with Gasteiger partial charge in [-0.05, 0) is 48.4 Å². The van der Waals surface area contributed by atoms with Gasteiger partial charge in [0.25, 0.3) is 5.91 Å². The van der Waals surface area contributed by atoms with Crippen molar-refractivity contribution in [3.05, 3.63) is 94.8 Å². The van der Waals surface area contributed by atoms with Crippen LogP contribution in [0, 0.1) is 24.1 Å². The quantitative estimate of drug-likeness (QED) is 0.421. The zero-order chi connectivity index (χ0) is 22.2. The molecule has 6 heteroatoms. The van der Waals surface area contributed by atoms with Crippen molar-refractivity contribution in [2.24, 2.45) is 0 Å². The van der Waals surface area contributed by atoms with Crippen molar-refractivity contribution in [3.8, 4) is 17.6 Å². The first-order valence-corrected chi connectivity index (χ1v) is 9.55. The number of benzene rings is 3. The van der Waals surface area contributed by atoms with E-state index in [4.69, 9.17) is 9.47 Å². The summed E-state index contributed by atoms with van der Waals surface area (Å²) in [5, 5.41) is 12.2. The zero-order valence-corrected chi connectivity index (χ0v) is 17.2. The number of hydrogen-bond acceptors (Lipinski definition) is 4. The first-order valence-electron chi connectivity index (χ1n) is 9.55. The molecule has 0 saturated heterocycles. The molecule has 0 saturated carbocycles. The van der Waals surface area contributed by atoms with Crippen LogP contribution >= 0.6 is 0 Å². The highest BCUT2D eigenvalue weighted by Crippen LogP contribution is 2.30. The number of para-hydroxylation sites is 1. The molecule has 0 aliphatic carbocycles. The first-order chi connectivity index (χ1) is 15.0. The number of amides is 1. The Morgan fingerprint density at radius 1 is 1.10 bits per heavy atom. The Balaban J connectivity index is 1.77. The summed E-state index contributed by atoms with van der Waals surface area (Å²) in [4.78, 5) is 12.5. The SMILES string of the molecule is COc1cc(/C=C(/C#N)C(=O)Nc2ccccc2C)ccc1OCc1ccccc1F. The summed E-state index contributed by atoms with van der Waals surface area (Å²) in [6.45, 7) is 1.91. The van der Waals surface area contributed by atoms with Crippen molar-refractivity contribution in [2.75, 3.05) is 12.4 Å². The third kappa shape index (κ3) is 5.49. The van der Waals surface area contributed by atoms with Gasteiger partial charge in [-0.2, -0.15) is 5.26 Å². The van der Waals surface area contributed by atoms with Gasteiger partial charge in [-0.25, -0.2) is 4.39 Å². The van der Waals surface area contributed by atoms with E-state index >= 15 is 0 Å². The number of carbonyl (C=O) groups is 1. The van der Waals surface area contributed by atoms with Gasteiger partial charge >= 0.3 is 0 Å². The van der Waals surface area contributed by atoms with Crippen molar-refractivity contribution < 1.29 is 18.7 Å². The molecule has 0 fully saturated rings. The van der Waals surface area contributed by atoms with Crippen LogP contribution in [0.4, 0.5) is 10.1 Å². The molecule has 0 aromatic heterocycles. The van der Waals surface area contributed by atoms with Gasteiger partial charge in [-0.15, -0.1) is 0 Å². The van der Waals surface area contributed by atoms with E-state index < -0.39 is 5.91 Å². The molecule has 0 atom stereocenters. The lowest BCUT2D eigenvalue weighted by atomic mass is 10.1. The first kappa shape index (κ1) is 21.6. The van der Waals surface area contributed by atoms with Crippen molar-refractivity contribution in [1.29, 1.82) is 5.26 Å². The molecule has 3 aromatic rings. The molecule has 1 amide bonds. The van der Waals surface area contributed by atoms with Gasteiger partial charge in [-0.3, -0.25) is 4.79 Å². The number of methoxy groups -OCH3 is 1. The van der Waals surface area contributed by atoms with Gasteiger partial charge in [0.2, 0.25) is 0 Å².